The third-order valence-corrected chi connectivity index (χ3v) is 3.88. The van der Waals surface area contributed by atoms with Crippen LogP contribution in [0.4, 0.5) is 0 Å². The molecule has 1 N–H and O–H groups in total. The Kier molecular flexibility index (Phi) is 5.83. The van der Waals surface area contributed by atoms with Gasteiger partial charge in [0, 0.05) is 26.8 Å². The van der Waals surface area contributed by atoms with Crippen LogP contribution in [0.2, 0.25) is 0 Å². The monoisotopic (exact) mass is 263 g/mol. The Hall–Kier alpha value is -0.900. The number of nitrogens with one attached hydrogen (secondary N) is 1. The molecule has 1 aliphatic rings. The van der Waals surface area contributed by atoms with Crippen LogP contribution in [0, 0.1) is 0 Å². The lowest BCUT2D eigenvalue weighted by atomic mass is 9.92. The highest BCUT2D eigenvalue weighted by Gasteiger charge is 2.24. The topological polar surface area (TPSA) is 30.5 Å². The summed E-state index contributed by atoms with van der Waals surface area (Å²) in [6, 6.07) is 9.06. The van der Waals surface area contributed by atoms with E-state index >= 15 is 0 Å². The van der Waals surface area contributed by atoms with Crippen LogP contribution in [0.25, 0.3) is 0 Å². The fourth-order valence-electron chi connectivity index (χ4n) is 2.86. The number of rotatable bonds is 6. The molecule has 1 aromatic rings. The molecule has 0 aliphatic heterocycles. The van der Waals surface area contributed by atoms with Gasteiger partial charge in [-0.2, -0.15) is 0 Å². The molecule has 1 aliphatic carbocycles. The summed E-state index contributed by atoms with van der Waals surface area (Å²) in [7, 11) is 3.56. The van der Waals surface area contributed by atoms with Crippen LogP contribution in [0.5, 0.6) is 0 Å². The second-order valence-electron chi connectivity index (χ2n) is 5.30. The van der Waals surface area contributed by atoms with Crippen molar-refractivity contribution < 1.29 is 9.47 Å². The van der Waals surface area contributed by atoms with Gasteiger partial charge in [0.25, 0.3) is 0 Å². The Morgan fingerprint density at radius 2 is 1.95 bits per heavy atom. The molecule has 0 radical (unpaired) electrons. The van der Waals surface area contributed by atoms with Crippen LogP contribution < -0.4 is 5.32 Å². The zero-order valence-corrected chi connectivity index (χ0v) is 12.0. The summed E-state index contributed by atoms with van der Waals surface area (Å²) in [6.45, 7) is 1.58. The van der Waals surface area contributed by atoms with Crippen LogP contribution in [0.15, 0.2) is 24.3 Å². The summed E-state index contributed by atoms with van der Waals surface area (Å²) in [6.07, 6.45) is 5.37. The number of ether oxygens (including phenoxy) is 2. The molecule has 0 bridgehead atoms. The molecule has 1 aromatic carbocycles. The molecule has 0 heterocycles. The molecule has 1 saturated carbocycles. The first-order valence-electron chi connectivity index (χ1n) is 7.16. The quantitative estimate of drug-likeness (QED) is 0.856. The Morgan fingerprint density at radius 3 is 2.74 bits per heavy atom. The van der Waals surface area contributed by atoms with Crippen LogP contribution in [-0.2, 0) is 22.6 Å². The van der Waals surface area contributed by atoms with E-state index in [1.807, 2.05) is 7.11 Å². The molecule has 2 unspecified atom stereocenters. The van der Waals surface area contributed by atoms with E-state index in [1.54, 1.807) is 7.11 Å². The van der Waals surface area contributed by atoms with Crippen molar-refractivity contribution in [3.05, 3.63) is 35.4 Å². The molecule has 0 aromatic heterocycles. The van der Waals surface area contributed by atoms with Gasteiger partial charge in [0.05, 0.1) is 12.7 Å². The molecule has 2 atom stereocenters. The molecule has 106 valence electrons. The summed E-state index contributed by atoms with van der Waals surface area (Å²) in [5.74, 6) is 0. The lowest BCUT2D eigenvalue weighted by Crippen LogP contribution is -2.42. The van der Waals surface area contributed by atoms with Crippen molar-refractivity contribution in [1.82, 2.24) is 5.32 Å². The van der Waals surface area contributed by atoms with Crippen molar-refractivity contribution >= 4 is 0 Å². The van der Waals surface area contributed by atoms with Gasteiger partial charge < -0.3 is 14.8 Å². The van der Waals surface area contributed by atoms with Gasteiger partial charge in [-0.3, -0.25) is 0 Å². The van der Waals surface area contributed by atoms with Crippen molar-refractivity contribution in [2.45, 2.75) is 51.0 Å². The van der Waals surface area contributed by atoms with Crippen molar-refractivity contribution in [3.8, 4) is 0 Å². The van der Waals surface area contributed by atoms with Crippen molar-refractivity contribution in [2.24, 2.45) is 0 Å². The third-order valence-electron chi connectivity index (χ3n) is 3.88. The second kappa shape index (κ2) is 7.63. The highest BCUT2D eigenvalue weighted by atomic mass is 16.5. The van der Waals surface area contributed by atoms with E-state index in [0.717, 1.165) is 6.54 Å². The molecular weight excluding hydrogens is 238 g/mol. The Bertz CT molecular complexity index is 381. The molecule has 0 spiro atoms. The summed E-state index contributed by atoms with van der Waals surface area (Å²) >= 11 is 0. The first-order valence-corrected chi connectivity index (χ1v) is 7.16. The molecule has 0 amide bonds. The van der Waals surface area contributed by atoms with Gasteiger partial charge in [-0.1, -0.05) is 37.1 Å². The lowest BCUT2D eigenvalue weighted by molar-refractivity contribution is 0.0413. The van der Waals surface area contributed by atoms with E-state index in [-0.39, 0.29) is 0 Å². The smallest absolute Gasteiger partial charge is 0.0724 e. The largest absolute Gasteiger partial charge is 0.380 e. The number of hydrogen-bond acceptors (Lipinski definition) is 3. The van der Waals surface area contributed by atoms with Gasteiger partial charge in [-0.05, 0) is 24.0 Å². The summed E-state index contributed by atoms with van der Waals surface area (Å²) in [4.78, 5) is 0. The average molecular weight is 263 g/mol. The zero-order valence-electron chi connectivity index (χ0n) is 12.0. The Morgan fingerprint density at radius 1 is 1.16 bits per heavy atom. The molecule has 19 heavy (non-hydrogen) atoms. The summed E-state index contributed by atoms with van der Waals surface area (Å²) < 4.78 is 10.7. The molecule has 3 heteroatoms. The predicted molar refractivity (Wildman–Crippen MR) is 77.0 cm³/mol. The van der Waals surface area contributed by atoms with E-state index in [9.17, 15) is 0 Å². The van der Waals surface area contributed by atoms with Crippen molar-refractivity contribution in [3.63, 3.8) is 0 Å². The number of hydrogen-bond donors (Lipinski definition) is 1. The van der Waals surface area contributed by atoms with Crippen molar-refractivity contribution in [2.75, 3.05) is 14.2 Å². The van der Waals surface area contributed by atoms with Crippen molar-refractivity contribution in [1.29, 1.82) is 0 Å². The normalized spacial score (nSPS) is 23.5. The van der Waals surface area contributed by atoms with Gasteiger partial charge in [-0.15, -0.1) is 0 Å². The highest BCUT2D eigenvalue weighted by Crippen LogP contribution is 2.21. The maximum atomic E-state index is 5.57. The minimum absolute atomic E-state index is 0.371. The fraction of sp³-hybridized carbons (Fsp3) is 0.625. The van der Waals surface area contributed by atoms with Crippen LogP contribution in [0.1, 0.15) is 36.8 Å². The second-order valence-corrected chi connectivity index (χ2v) is 5.30. The maximum absolute atomic E-state index is 5.57. The molecule has 0 saturated heterocycles. The first-order chi connectivity index (χ1) is 9.33. The van der Waals surface area contributed by atoms with Gasteiger partial charge in [-0.25, -0.2) is 0 Å². The van der Waals surface area contributed by atoms with E-state index in [0.29, 0.717) is 18.8 Å². The van der Waals surface area contributed by atoms with E-state index in [1.165, 1.54) is 36.8 Å². The van der Waals surface area contributed by atoms with Gasteiger partial charge in [0.15, 0.2) is 0 Å². The first kappa shape index (κ1) is 14.5. The Balaban J connectivity index is 1.88. The molecular formula is C16H25NO2. The van der Waals surface area contributed by atoms with E-state index in [2.05, 4.69) is 29.6 Å². The van der Waals surface area contributed by atoms with Crippen LogP contribution in [-0.4, -0.2) is 26.4 Å². The predicted octanol–water partition coefficient (Wildman–Crippen LogP) is 2.88. The Labute approximate surface area is 116 Å². The standard InChI is InChI=1S/C16H25NO2/c1-18-12-14-7-5-6-13(10-14)11-17-15-8-3-4-9-16(15)19-2/h5-7,10,15-17H,3-4,8-9,11-12H2,1-2H3. The maximum Gasteiger partial charge on any atom is 0.0724 e. The minimum Gasteiger partial charge on any atom is -0.380 e. The minimum atomic E-state index is 0.371. The van der Waals surface area contributed by atoms with Crippen LogP contribution >= 0.6 is 0 Å². The van der Waals surface area contributed by atoms with Gasteiger partial charge in [0.1, 0.15) is 0 Å². The molecule has 2 rings (SSSR count). The highest BCUT2D eigenvalue weighted by molar-refractivity contribution is 5.23. The van der Waals surface area contributed by atoms with E-state index in [4.69, 9.17) is 9.47 Å². The van der Waals surface area contributed by atoms with Gasteiger partial charge >= 0.3 is 0 Å². The summed E-state index contributed by atoms with van der Waals surface area (Å²) in [5, 5.41) is 3.64. The third kappa shape index (κ3) is 4.30. The van der Waals surface area contributed by atoms with Crippen LogP contribution in [0.3, 0.4) is 0 Å². The number of benzene rings is 1. The SMILES string of the molecule is COCc1cccc(CNC2CCCCC2OC)c1. The summed E-state index contributed by atoms with van der Waals surface area (Å²) in [5.41, 5.74) is 2.55. The van der Waals surface area contributed by atoms with E-state index < -0.39 is 0 Å². The lowest BCUT2D eigenvalue weighted by Gasteiger charge is -2.31. The van der Waals surface area contributed by atoms with Gasteiger partial charge in [0.2, 0.25) is 0 Å². The fourth-order valence-corrected chi connectivity index (χ4v) is 2.86. The molecule has 1 fully saturated rings. The zero-order chi connectivity index (χ0) is 13.5. The number of methoxy groups -OCH3 is 2. The average Bonchev–Trinajstić information content (AvgIpc) is 2.46. The molecule has 3 nitrogen and oxygen atoms in total.